The van der Waals surface area contributed by atoms with Crippen LogP contribution in [0.25, 0.3) is 21.9 Å². The first-order valence-electron chi connectivity index (χ1n) is 10.9. The van der Waals surface area contributed by atoms with Gasteiger partial charge in [0.2, 0.25) is 0 Å². The fraction of sp³-hybridized carbons (Fsp3) is 0.320. The Balaban J connectivity index is 1.73. The standard InChI is InChI=1S/C25H28N4O4/c1-4-32-15-22-27-21-13-26-20-12-18(33-14-17-8-6-5-7-9-17)10-11-19(20)23(21)29(22)16-25(2,3)28-24(30)31/h5-13,28H,4,14-16H2,1-3H3,(H,30,31). The maximum absolute atomic E-state index is 11.3. The number of amides is 1. The maximum Gasteiger partial charge on any atom is 0.405 e. The van der Waals surface area contributed by atoms with E-state index in [1.807, 2.05) is 73.9 Å². The zero-order chi connectivity index (χ0) is 23.4. The van der Waals surface area contributed by atoms with Gasteiger partial charge < -0.3 is 24.5 Å². The number of aromatic nitrogens is 3. The van der Waals surface area contributed by atoms with Crippen LogP contribution in [0, 0.1) is 0 Å². The number of pyridine rings is 1. The van der Waals surface area contributed by atoms with Crippen LogP contribution in [0.2, 0.25) is 0 Å². The Morgan fingerprint density at radius 1 is 1.12 bits per heavy atom. The number of rotatable bonds is 9. The predicted octanol–water partition coefficient (Wildman–Crippen LogP) is 4.75. The molecule has 0 fully saturated rings. The summed E-state index contributed by atoms with van der Waals surface area (Å²) in [7, 11) is 0. The molecule has 1 amide bonds. The van der Waals surface area contributed by atoms with Crippen LogP contribution in [-0.4, -0.2) is 37.9 Å². The molecule has 172 valence electrons. The number of nitrogens with zero attached hydrogens (tertiary/aromatic N) is 3. The highest BCUT2D eigenvalue weighted by molar-refractivity contribution is 6.02. The highest BCUT2D eigenvalue weighted by Gasteiger charge is 2.25. The zero-order valence-electron chi connectivity index (χ0n) is 19.0. The monoisotopic (exact) mass is 448 g/mol. The smallest absolute Gasteiger partial charge is 0.405 e. The lowest BCUT2D eigenvalue weighted by atomic mass is 10.1. The number of hydrogen-bond acceptors (Lipinski definition) is 5. The minimum atomic E-state index is -1.07. The molecule has 2 aromatic heterocycles. The Hall–Kier alpha value is -3.65. The third-order valence-corrected chi connectivity index (χ3v) is 5.31. The van der Waals surface area contributed by atoms with Crippen molar-refractivity contribution in [2.24, 2.45) is 0 Å². The normalized spacial score (nSPS) is 11.7. The fourth-order valence-electron chi connectivity index (χ4n) is 3.87. The van der Waals surface area contributed by atoms with E-state index in [1.54, 1.807) is 6.20 Å². The molecule has 0 aliphatic rings. The molecule has 0 saturated carbocycles. The van der Waals surface area contributed by atoms with E-state index in [2.05, 4.69) is 10.3 Å². The van der Waals surface area contributed by atoms with Gasteiger partial charge in [0.15, 0.2) is 0 Å². The molecule has 0 saturated heterocycles. The van der Waals surface area contributed by atoms with Crippen molar-refractivity contribution in [3.8, 4) is 5.75 Å². The largest absolute Gasteiger partial charge is 0.489 e. The van der Waals surface area contributed by atoms with Gasteiger partial charge in [-0.05, 0) is 38.5 Å². The summed E-state index contributed by atoms with van der Waals surface area (Å²) in [4.78, 5) is 20.6. The van der Waals surface area contributed by atoms with Crippen LogP contribution in [0.15, 0.2) is 54.7 Å². The van der Waals surface area contributed by atoms with E-state index in [4.69, 9.17) is 14.5 Å². The molecule has 33 heavy (non-hydrogen) atoms. The van der Waals surface area contributed by atoms with Crippen molar-refractivity contribution < 1.29 is 19.4 Å². The van der Waals surface area contributed by atoms with Crippen molar-refractivity contribution >= 4 is 28.0 Å². The fourth-order valence-corrected chi connectivity index (χ4v) is 3.87. The molecule has 8 nitrogen and oxygen atoms in total. The number of benzene rings is 2. The van der Waals surface area contributed by atoms with Crippen LogP contribution >= 0.6 is 0 Å². The molecular formula is C25H28N4O4. The molecule has 0 bridgehead atoms. The molecule has 0 aliphatic heterocycles. The molecular weight excluding hydrogens is 420 g/mol. The van der Waals surface area contributed by atoms with Gasteiger partial charge in [-0.3, -0.25) is 4.98 Å². The van der Waals surface area contributed by atoms with Crippen LogP contribution in [0.5, 0.6) is 5.75 Å². The van der Waals surface area contributed by atoms with Gasteiger partial charge in [-0.25, -0.2) is 9.78 Å². The second kappa shape index (κ2) is 9.46. The number of nitrogens with one attached hydrogen (secondary N) is 1. The Bertz CT molecular complexity index is 1270. The molecule has 4 rings (SSSR count). The molecule has 4 aromatic rings. The molecule has 0 spiro atoms. The highest BCUT2D eigenvalue weighted by Crippen LogP contribution is 2.29. The van der Waals surface area contributed by atoms with Crippen molar-refractivity contribution in [3.63, 3.8) is 0 Å². The lowest BCUT2D eigenvalue weighted by Gasteiger charge is -2.26. The van der Waals surface area contributed by atoms with Crippen LogP contribution < -0.4 is 10.1 Å². The number of carbonyl (C=O) groups is 1. The van der Waals surface area contributed by atoms with E-state index in [0.29, 0.717) is 26.4 Å². The first-order chi connectivity index (χ1) is 15.9. The van der Waals surface area contributed by atoms with Gasteiger partial charge in [-0.2, -0.15) is 0 Å². The number of fused-ring (bicyclic) bond motifs is 3. The van der Waals surface area contributed by atoms with E-state index >= 15 is 0 Å². The van der Waals surface area contributed by atoms with Crippen LogP contribution in [0.3, 0.4) is 0 Å². The summed E-state index contributed by atoms with van der Waals surface area (Å²) in [5.74, 6) is 1.46. The highest BCUT2D eigenvalue weighted by atomic mass is 16.5. The molecule has 2 N–H and O–H groups in total. The number of ether oxygens (including phenoxy) is 2. The van der Waals surface area contributed by atoms with Crippen molar-refractivity contribution in [3.05, 3.63) is 66.1 Å². The lowest BCUT2D eigenvalue weighted by Crippen LogP contribution is -2.46. The van der Waals surface area contributed by atoms with Crippen LogP contribution in [0.1, 0.15) is 32.2 Å². The summed E-state index contributed by atoms with van der Waals surface area (Å²) < 4.78 is 13.6. The van der Waals surface area contributed by atoms with Gasteiger partial charge in [-0.1, -0.05) is 30.3 Å². The second-order valence-corrected chi connectivity index (χ2v) is 8.51. The van der Waals surface area contributed by atoms with Crippen molar-refractivity contribution in [2.75, 3.05) is 6.61 Å². The summed E-state index contributed by atoms with van der Waals surface area (Å²) in [6.07, 6.45) is 0.671. The molecule has 2 aromatic carbocycles. The molecule has 8 heteroatoms. The quantitative estimate of drug-likeness (QED) is 0.384. The third kappa shape index (κ3) is 5.23. The molecule has 0 aliphatic carbocycles. The molecule has 2 heterocycles. The molecule has 0 unspecified atom stereocenters. The summed E-state index contributed by atoms with van der Waals surface area (Å²) in [6, 6.07) is 15.8. The number of carboxylic acid groups (broad SMARTS) is 1. The van der Waals surface area contributed by atoms with E-state index in [0.717, 1.165) is 39.1 Å². The predicted molar refractivity (Wildman–Crippen MR) is 126 cm³/mol. The van der Waals surface area contributed by atoms with E-state index in [9.17, 15) is 9.90 Å². The van der Waals surface area contributed by atoms with E-state index in [1.165, 1.54) is 0 Å². The second-order valence-electron chi connectivity index (χ2n) is 8.51. The van der Waals surface area contributed by atoms with Crippen LogP contribution in [-0.2, 0) is 24.5 Å². The topological polar surface area (TPSA) is 98.5 Å². The van der Waals surface area contributed by atoms with Gasteiger partial charge in [0, 0.05) is 24.6 Å². The van der Waals surface area contributed by atoms with Gasteiger partial charge in [0.05, 0.1) is 22.8 Å². The minimum Gasteiger partial charge on any atom is -0.489 e. The molecule has 0 radical (unpaired) electrons. The number of imidazole rings is 1. The summed E-state index contributed by atoms with van der Waals surface area (Å²) in [6.45, 7) is 7.36. The van der Waals surface area contributed by atoms with E-state index in [-0.39, 0.29) is 0 Å². The van der Waals surface area contributed by atoms with Crippen molar-refractivity contribution in [1.82, 2.24) is 19.9 Å². The summed E-state index contributed by atoms with van der Waals surface area (Å²) in [5, 5.41) is 12.8. The Labute approximate surface area is 192 Å². The molecule has 0 atom stereocenters. The summed E-state index contributed by atoms with van der Waals surface area (Å²) >= 11 is 0. The Morgan fingerprint density at radius 3 is 2.64 bits per heavy atom. The SMILES string of the molecule is CCOCc1nc2cnc3cc(OCc4ccccc4)ccc3c2n1CC(C)(C)NC(=O)O. The summed E-state index contributed by atoms with van der Waals surface area (Å²) in [5.41, 5.74) is 2.79. The maximum atomic E-state index is 11.3. The minimum absolute atomic E-state index is 0.327. The van der Waals surface area contributed by atoms with Gasteiger partial charge in [-0.15, -0.1) is 0 Å². The Morgan fingerprint density at radius 2 is 1.91 bits per heavy atom. The number of hydrogen-bond donors (Lipinski definition) is 2. The van der Waals surface area contributed by atoms with E-state index < -0.39 is 11.6 Å². The van der Waals surface area contributed by atoms with Gasteiger partial charge >= 0.3 is 6.09 Å². The first kappa shape index (κ1) is 22.5. The zero-order valence-corrected chi connectivity index (χ0v) is 19.0. The first-order valence-corrected chi connectivity index (χ1v) is 10.9. The third-order valence-electron chi connectivity index (χ3n) is 5.31. The lowest BCUT2D eigenvalue weighted by molar-refractivity contribution is 0.124. The van der Waals surface area contributed by atoms with Gasteiger partial charge in [0.25, 0.3) is 0 Å². The van der Waals surface area contributed by atoms with Crippen molar-refractivity contribution in [2.45, 2.75) is 46.1 Å². The van der Waals surface area contributed by atoms with Crippen LogP contribution in [0.4, 0.5) is 4.79 Å². The van der Waals surface area contributed by atoms with Gasteiger partial charge in [0.1, 0.15) is 30.3 Å². The van der Waals surface area contributed by atoms with Crippen molar-refractivity contribution in [1.29, 1.82) is 0 Å². The average Bonchev–Trinajstić information content (AvgIpc) is 3.12. The Kier molecular flexibility index (Phi) is 6.46. The average molecular weight is 449 g/mol.